The van der Waals surface area contributed by atoms with Crippen molar-refractivity contribution in [1.29, 1.82) is 0 Å². The Bertz CT molecular complexity index is 617. The summed E-state index contributed by atoms with van der Waals surface area (Å²) < 4.78 is 5.55. The van der Waals surface area contributed by atoms with Gasteiger partial charge in [-0.1, -0.05) is 41.9 Å². The standard InChI is InChI=1S/C17H19ClN2O2/c1-13-11-15(7-8-16(13)18)22-10-9-19-17(21)20-12-14-5-3-2-4-6-14/h2-8,11H,9-10,12H2,1H3,(H2,19,20,21). The molecule has 4 nitrogen and oxygen atoms in total. The number of nitrogens with one attached hydrogen (secondary N) is 2. The highest BCUT2D eigenvalue weighted by molar-refractivity contribution is 6.31. The quantitative estimate of drug-likeness (QED) is 0.801. The Morgan fingerprint density at radius 1 is 1.14 bits per heavy atom. The van der Waals surface area contributed by atoms with Gasteiger partial charge >= 0.3 is 6.03 Å². The number of carbonyl (C=O) groups excluding carboxylic acids is 1. The maximum atomic E-state index is 11.6. The average molecular weight is 319 g/mol. The molecule has 0 aliphatic carbocycles. The van der Waals surface area contributed by atoms with Gasteiger partial charge in [-0.3, -0.25) is 0 Å². The number of urea groups is 1. The number of carbonyl (C=O) groups is 1. The van der Waals surface area contributed by atoms with E-state index in [1.165, 1.54) is 0 Å². The molecule has 0 aliphatic heterocycles. The molecule has 0 spiro atoms. The van der Waals surface area contributed by atoms with Gasteiger partial charge in [0.1, 0.15) is 12.4 Å². The first kappa shape index (κ1) is 16.2. The Labute approximate surface area is 135 Å². The van der Waals surface area contributed by atoms with Crippen molar-refractivity contribution in [1.82, 2.24) is 10.6 Å². The van der Waals surface area contributed by atoms with Crippen LogP contribution in [-0.2, 0) is 6.54 Å². The van der Waals surface area contributed by atoms with Crippen LogP contribution in [-0.4, -0.2) is 19.2 Å². The number of aryl methyl sites for hydroxylation is 1. The van der Waals surface area contributed by atoms with Gasteiger partial charge in [0, 0.05) is 11.6 Å². The number of amides is 2. The van der Waals surface area contributed by atoms with Crippen LogP contribution < -0.4 is 15.4 Å². The van der Waals surface area contributed by atoms with E-state index in [2.05, 4.69) is 10.6 Å². The third-order valence-corrected chi connectivity index (χ3v) is 3.51. The molecule has 2 N–H and O–H groups in total. The minimum absolute atomic E-state index is 0.209. The summed E-state index contributed by atoms with van der Waals surface area (Å²) in [6.45, 7) is 3.26. The summed E-state index contributed by atoms with van der Waals surface area (Å²) in [5, 5.41) is 6.25. The fourth-order valence-electron chi connectivity index (χ4n) is 1.88. The molecule has 0 aliphatic rings. The predicted octanol–water partition coefficient (Wildman–Crippen LogP) is 3.53. The fourth-order valence-corrected chi connectivity index (χ4v) is 2.00. The molecule has 0 atom stereocenters. The monoisotopic (exact) mass is 318 g/mol. The predicted molar refractivity (Wildman–Crippen MR) is 88.4 cm³/mol. The minimum Gasteiger partial charge on any atom is -0.492 e. The lowest BCUT2D eigenvalue weighted by atomic mass is 10.2. The number of ether oxygens (including phenoxy) is 1. The van der Waals surface area contributed by atoms with E-state index in [-0.39, 0.29) is 6.03 Å². The third-order valence-electron chi connectivity index (χ3n) is 3.08. The van der Waals surface area contributed by atoms with Gasteiger partial charge in [-0.05, 0) is 36.2 Å². The van der Waals surface area contributed by atoms with Crippen LogP contribution in [0.3, 0.4) is 0 Å². The first-order chi connectivity index (χ1) is 10.6. The summed E-state index contributed by atoms with van der Waals surface area (Å²) >= 11 is 5.95. The van der Waals surface area contributed by atoms with Crippen LogP contribution in [0, 0.1) is 6.92 Å². The first-order valence-corrected chi connectivity index (χ1v) is 7.47. The van der Waals surface area contributed by atoms with Crippen molar-refractivity contribution in [3.63, 3.8) is 0 Å². The van der Waals surface area contributed by atoms with Crippen molar-refractivity contribution in [3.8, 4) is 5.75 Å². The summed E-state index contributed by atoms with van der Waals surface area (Å²) in [4.78, 5) is 11.6. The Hall–Kier alpha value is -2.20. The zero-order valence-electron chi connectivity index (χ0n) is 12.4. The highest BCUT2D eigenvalue weighted by Crippen LogP contribution is 2.20. The highest BCUT2D eigenvalue weighted by Gasteiger charge is 2.01. The molecule has 2 rings (SSSR count). The lowest BCUT2D eigenvalue weighted by Gasteiger charge is -2.10. The van der Waals surface area contributed by atoms with E-state index in [4.69, 9.17) is 16.3 Å². The molecule has 0 saturated heterocycles. The lowest BCUT2D eigenvalue weighted by molar-refractivity contribution is 0.236. The van der Waals surface area contributed by atoms with Gasteiger partial charge < -0.3 is 15.4 Å². The molecule has 0 fully saturated rings. The molecule has 0 bridgehead atoms. The SMILES string of the molecule is Cc1cc(OCCNC(=O)NCc2ccccc2)ccc1Cl. The van der Waals surface area contributed by atoms with Crippen molar-refractivity contribution in [2.45, 2.75) is 13.5 Å². The van der Waals surface area contributed by atoms with E-state index in [0.717, 1.165) is 16.9 Å². The molecular formula is C17H19ClN2O2. The van der Waals surface area contributed by atoms with Crippen molar-refractivity contribution >= 4 is 17.6 Å². The Kier molecular flexibility index (Phi) is 6.10. The van der Waals surface area contributed by atoms with E-state index >= 15 is 0 Å². The number of benzene rings is 2. The van der Waals surface area contributed by atoms with E-state index in [1.807, 2.05) is 49.4 Å². The third kappa shape index (κ3) is 5.30. The van der Waals surface area contributed by atoms with Crippen molar-refractivity contribution < 1.29 is 9.53 Å². The van der Waals surface area contributed by atoms with Gasteiger partial charge in [-0.25, -0.2) is 4.79 Å². The van der Waals surface area contributed by atoms with Crippen LogP contribution in [0.1, 0.15) is 11.1 Å². The zero-order valence-corrected chi connectivity index (χ0v) is 13.2. The Balaban J connectivity index is 1.63. The molecule has 0 heterocycles. The molecular weight excluding hydrogens is 300 g/mol. The van der Waals surface area contributed by atoms with Crippen LogP contribution in [0.15, 0.2) is 48.5 Å². The normalized spacial score (nSPS) is 10.1. The largest absolute Gasteiger partial charge is 0.492 e. The Morgan fingerprint density at radius 3 is 2.64 bits per heavy atom. The van der Waals surface area contributed by atoms with E-state index < -0.39 is 0 Å². The fraction of sp³-hybridized carbons (Fsp3) is 0.235. The van der Waals surface area contributed by atoms with Crippen LogP contribution in [0.2, 0.25) is 5.02 Å². The second-order valence-electron chi connectivity index (χ2n) is 4.85. The maximum Gasteiger partial charge on any atom is 0.315 e. The van der Waals surface area contributed by atoms with Crippen LogP contribution in [0.25, 0.3) is 0 Å². The topological polar surface area (TPSA) is 50.4 Å². The molecule has 5 heteroatoms. The van der Waals surface area contributed by atoms with Gasteiger partial charge in [0.15, 0.2) is 0 Å². The minimum atomic E-state index is -0.209. The molecule has 0 saturated carbocycles. The van der Waals surface area contributed by atoms with Gasteiger partial charge in [-0.15, -0.1) is 0 Å². The number of halogens is 1. The molecule has 2 aromatic carbocycles. The number of rotatable bonds is 6. The van der Waals surface area contributed by atoms with E-state index in [1.54, 1.807) is 6.07 Å². The van der Waals surface area contributed by atoms with Gasteiger partial charge in [0.2, 0.25) is 0 Å². The summed E-state index contributed by atoms with van der Waals surface area (Å²) in [5.41, 5.74) is 2.03. The zero-order chi connectivity index (χ0) is 15.8. The molecule has 0 unspecified atom stereocenters. The summed E-state index contributed by atoms with van der Waals surface area (Å²) in [6, 6.07) is 15.0. The van der Waals surface area contributed by atoms with Crippen LogP contribution in [0.5, 0.6) is 5.75 Å². The first-order valence-electron chi connectivity index (χ1n) is 7.10. The summed E-state index contributed by atoms with van der Waals surface area (Å²) in [6.07, 6.45) is 0. The highest BCUT2D eigenvalue weighted by atomic mass is 35.5. The smallest absolute Gasteiger partial charge is 0.315 e. The maximum absolute atomic E-state index is 11.6. The van der Waals surface area contributed by atoms with Gasteiger partial charge in [0.25, 0.3) is 0 Å². The molecule has 0 aromatic heterocycles. The lowest BCUT2D eigenvalue weighted by Crippen LogP contribution is -2.37. The number of hydrogen-bond donors (Lipinski definition) is 2. The Morgan fingerprint density at radius 2 is 1.91 bits per heavy atom. The second-order valence-corrected chi connectivity index (χ2v) is 5.26. The molecule has 2 aromatic rings. The van der Waals surface area contributed by atoms with Gasteiger partial charge in [-0.2, -0.15) is 0 Å². The van der Waals surface area contributed by atoms with Crippen molar-refractivity contribution in [3.05, 3.63) is 64.7 Å². The van der Waals surface area contributed by atoms with Crippen LogP contribution >= 0.6 is 11.6 Å². The number of hydrogen-bond acceptors (Lipinski definition) is 2. The van der Waals surface area contributed by atoms with Gasteiger partial charge in [0.05, 0.1) is 6.54 Å². The van der Waals surface area contributed by atoms with Crippen molar-refractivity contribution in [2.75, 3.05) is 13.2 Å². The van der Waals surface area contributed by atoms with E-state index in [9.17, 15) is 4.79 Å². The van der Waals surface area contributed by atoms with E-state index in [0.29, 0.717) is 24.7 Å². The molecule has 22 heavy (non-hydrogen) atoms. The summed E-state index contributed by atoms with van der Waals surface area (Å²) in [7, 11) is 0. The molecule has 0 radical (unpaired) electrons. The van der Waals surface area contributed by atoms with Crippen LogP contribution in [0.4, 0.5) is 4.79 Å². The summed E-state index contributed by atoms with van der Waals surface area (Å²) in [5.74, 6) is 0.744. The molecule has 116 valence electrons. The second kappa shape index (κ2) is 8.29. The average Bonchev–Trinajstić information content (AvgIpc) is 2.54. The van der Waals surface area contributed by atoms with Crippen molar-refractivity contribution in [2.24, 2.45) is 0 Å². The molecule has 2 amide bonds.